The molecular formula is C32H42N8O2. The fraction of sp³-hybridized carbons (Fsp3) is 0.500. The number of guanidine groups is 1. The van der Waals surface area contributed by atoms with Crippen molar-refractivity contribution >= 4 is 28.9 Å². The SMILES string of the molecule is Cc1cc2cc(n1)-c1cnn(C)c1OCCC[C@@H](C1CC1)CN1/C(=N/C2=O)Nc2cc(NCCCCN(C)C)ccc21. The summed E-state index contributed by atoms with van der Waals surface area (Å²) < 4.78 is 8.01. The van der Waals surface area contributed by atoms with Gasteiger partial charge in [0.2, 0.25) is 11.8 Å². The summed E-state index contributed by atoms with van der Waals surface area (Å²) in [4.78, 5) is 27.5. The molecule has 1 amide bonds. The van der Waals surface area contributed by atoms with Crippen LogP contribution >= 0.6 is 0 Å². The van der Waals surface area contributed by atoms with E-state index < -0.39 is 0 Å². The van der Waals surface area contributed by atoms with Crippen LogP contribution in [0.5, 0.6) is 5.88 Å². The molecule has 3 aromatic rings. The molecule has 2 aromatic heterocycles. The highest BCUT2D eigenvalue weighted by molar-refractivity contribution is 6.19. The maximum absolute atomic E-state index is 13.7. The van der Waals surface area contributed by atoms with Gasteiger partial charge in [-0.1, -0.05) is 0 Å². The maximum Gasteiger partial charge on any atom is 0.280 e. The van der Waals surface area contributed by atoms with Crippen LogP contribution in [0.2, 0.25) is 0 Å². The van der Waals surface area contributed by atoms with Crippen LogP contribution in [0.1, 0.15) is 54.6 Å². The van der Waals surface area contributed by atoms with Crippen molar-refractivity contribution in [3.05, 3.63) is 47.8 Å². The van der Waals surface area contributed by atoms with Crippen LogP contribution in [0.25, 0.3) is 11.3 Å². The fourth-order valence-corrected chi connectivity index (χ4v) is 6.00. The molecule has 2 bridgehead atoms. The Morgan fingerprint density at radius 3 is 2.79 bits per heavy atom. The third kappa shape index (κ3) is 6.28. The standard InChI is InChI=1S/C32H42N8O2/c1-21-16-24-17-27(35-21)26-19-34-39(4)31(26)42-15-7-8-23(22-9-10-22)20-40-29-12-11-25(33-13-5-6-14-38(2)3)18-28(29)36-32(40)37-30(24)41/h11-12,16-19,22-23,33H,5-10,13-15,20H2,1-4H3,(H,36,37,41)/t23-/m1/s1. The van der Waals surface area contributed by atoms with Gasteiger partial charge in [-0.15, -0.1) is 0 Å². The van der Waals surface area contributed by atoms with E-state index in [0.29, 0.717) is 41.5 Å². The first-order valence-electron chi connectivity index (χ1n) is 15.2. The van der Waals surface area contributed by atoms with E-state index in [4.69, 9.17) is 9.72 Å². The van der Waals surface area contributed by atoms with E-state index in [9.17, 15) is 4.79 Å². The molecule has 0 unspecified atom stereocenters. The van der Waals surface area contributed by atoms with Crippen LogP contribution in [0, 0.1) is 18.8 Å². The molecule has 0 saturated heterocycles. The lowest BCUT2D eigenvalue weighted by Gasteiger charge is -2.25. The summed E-state index contributed by atoms with van der Waals surface area (Å²) in [6.45, 7) is 5.32. The Hall–Kier alpha value is -3.92. The number of carbonyl (C=O) groups is 1. The van der Waals surface area contributed by atoms with Gasteiger partial charge < -0.3 is 25.2 Å². The first kappa shape index (κ1) is 28.2. The molecule has 42 heavy (non-hydrogen) atoms. The Kier molecular flexibility index (Phi) is 8.15. The molecule has 6 rings (SSSR count). The Morgan fingerprint density at radius 1 is 1.12 bits per heavy atom. The van der Waals surface area contributed by atoms with Gasteiger partial charge in [0.15, 0.2) is 0 Å². The van der Waals surface area contributed by atoms with Gasteiger partial charge in [-0.2, -0.15) is 10.1 Å². The third-order valence-electron chi connectivity index (χ3n) is 8.38. The number of nitrogens with one attached hydrogen (secondary N) is 2. The molecule has 1 fully saturated rings. The number of fused-ring (bicyclic) bond motifs is 7. The first-order chi connectivity index (χ1) is 20.4. The van der Waals surface area contributed by atoms with Gasteiger partial charge in [0.05, 0.1) is 35.4 Å². The molecule has 1 saturated carbocycles. The van der Waals surface area contributed by atoms with Crippen molar-refractivity contribution in [3.63, 3.8) is 0 Å². The number of hydrogen-bond acceptors (Lipinski definition) is 8. The minimum atomic E-state index is -0.300. The molecule has 2 N–H and O–H groups in total. The van der Waals surface area contributed by atoms with Gasteiger partial charge in [-0.05, 0) is 108 Å². The number of aromatic nitrogens is 3. The molecule has 2 aliphatic heterocycles. The van der Waals surface area contributed by atoms with E-state index in [1.807, 2.05) is 14.0 Å². The molecular weight excluding hydrogens is 528 g/mol. The molecule has 0 radical (unpaired) electrons. The smallest absolute Gasteiger partial charge is 0.280 e. The molecule has 1 aromatic carbocycles. The number of hydrogen-bond donors (Lipinski definition) is 2. The van der Waals surface area contributed by atoms with Crippen molar-refractivity contribution in [2.75, 3.05) is 55.9 Å². The van der Waals surface area contributed by atoms with Crippen molar-refractivity contribution < 1.29 is 9.53 Å². The van der Waals surface area contributed by atoms with Crippen LogP contribution in [0.15, 0.2) is 41.5 Å². The zero-order valence-electron chi connectivity index (χ0n) is 25.2. The predicted molar refractivity (Wildman–Crippen MR) is 168 cm³/mol. The van der Waals surface area contributed by atoms with Crippen molar-refractivity contribution in [2.45, 2.75) is 45.4 Å². The lowest BCUT2D eigenvalue weighted by Crippen LogP contribution is -2.36. The summed E-state index contributed by atoms with van der Waals surface area (Å²) in [6.07, 6.45) is 8.51. The van der Waals surface area contributed by atoms with Gasteiger partial charge in [-0.3, -0.25) is 9.78 Å². The lowest BCUT2D eigenvalue weighted by molar-refractivity contribution is 0.100. The summed E-state index contributed by atoms with van der Waals surface area (Å²) in [5.41, 5.74) is 5.79. The Morgan fingerprint density at radius 2 is 1.98 bits per heavy atom. The average molecular weight is 571 g/mol. The highest BCUT2D eigenvalue weighted by atomic mass is 16.5. The van der Waals surface area contributed by atoms with Gasteiger partial charge in [-0.25, -0.2) is 4.68 Å². The normalized spacial score (nSPS) is 19.9. The van der Waals surface area contributed by atoms with E-state index in [0.717, 1.165) is 73.6 Å². The van der Waals surface area contributed by atoms with Crippen LogP contribution in [-0.4, -0.2) is 71.9 Å². The minimum Gasteiger partial charge on any atom is -0.477 e. The number of pyridine rings is 1. The van der Waals surface area contributed by atoms with Gasteiger partial charge >= 0.3 is 0 Å². The van der Waals surface area contributed by atoms with Gasteiger partial charge in [0.1, 0.15) is 0 Å². The van der Waals surface area contributed by atoms with E-state index >= 15 is 0 Å². The zero-order valence-corrected chi connectivity index (χ0v) is 25.2. The number of benzene rings is 1. The van der Waals surface area contributed by atoms with Crippen molar-refractivity contribution in [1.29, 1.82) is 0 Å². The molecule has 10 heteroatoms. The maximum atomic E-state index is 13.7. The quantitative estimate of drug-likeness (QED) is 0.376. The predicted octanol–water partition coefficient (Wildman–Crippen LogP) is 5.17. The third-order valence-corrected chi connectivity index (χ3v) is 8.38. The van der Waals surface area contributed by atoms with E-state index in [1.54, 1.807) is 23.0 Å². The summed E-state index contributed by atoms with van der Waals surface area (Å²) in [5.74, 6) is 2.14. The summed E-state index contributed by atoms with van der Waals surface area (Å²) in [5, 5.41) is 11.5. The Bertz CT molecular complexity index is 1480. The van der Waals surface area contributed by atoms with Crippen LogP contribution < -0.4 is 20.3 Å². The van der Waals surface area contributed by atoms with Crippen molar-refractivity contribution in [3.8, 4) is 17.1 Å². The molecule has 3 aliphatic rings. The second-order valence-corrected chi connectivity index (χ2v) is 12.1. The first-order valence-corrected chi connectivity index (χ1v) is 15.2. The molecule has 222 valence electrons. The van der Waals surface area contributed by atoms with E-state index in [2.05, 4.69) is 62.8 Å². The zero-order chi connectivity index (χ0) is 29.2. The average Bonchev–Trinajstić information content (AvgIpc) is 3.66. The number of carbonyl (C=O) groups excluding carboxylic acids is 1. The number of ether oxygens (including phenoxy) is 1. The monoisotopic (exact) mass is 570 g/mol. The lowest BCUT2D eigenvalue weighted by atomic mass is 9.97. The van der Waals surface area contributed by atoms with E-state index in [-0.39, 0.29) is 5.91 Å². The minimum absolute atomic E-state index is 0.300. The highest BCUT2D eigenvalue weighted by Gasteiger charge is 2.36. The van der Waals surface area contributed by atoms with Gasteiger partial charge in [0, 0.05) is 37.1 Å². The van der Waals surface area contributed by atoms with Crippen LogP contribution in [0.4, 0.5) is 17.1 Å². The fourth-order valence-electron chi connectivity index (χ4n) is 6.00. The Balaban J connectivity index is 1.31. The number of aliphatic imine (C=N–C) groups is 1. The van der Waals surface area contributed by atoms with Crippen LogP contribution in [-0.2, 0) is 7.05 Å². The molecule has 4 heterocycles. The van der Waals surface area contributed by atoms with Crippen molar-refractivity contribution in [2.24, 2.45) is 23.9 Å². The molecule has 0 spiro atoms. The number of nitrogens with zero attached hydrogens (tertiary/aromatic N) is 6. The second-order valence-electron chi connectivity index (χ2n) is 12.1. The summed E-state index contributed by atoms with van der Waals surface area (Å²) >= 11 is 0. The second kappa shape index (κ2) is 12.1. The van der Waals surface area contributed by atoms with E-state index in [1.165, 1.54) is 12.8 Å². The largest absolute Gasteiger partial charge is 0.477 e. The topological polar surface area (TPSA) is 99.9 Å². The van der Waals surface area contributed by atoms with Gasteiger partial charge in [0.25, 0.3) is 5.91 Å². The number of unbranched alkanes of at least 4 members (excludes halogenated alkanes) is 1. The highest BCUT2D eigenvalue weighted by Crippen LogP contribution is 2.43. The number of anilines is 3. The number of aryl methyl sites for hydroxylation is 2. The molecule has 1 atom stereocenters. The van der Waals surface area contributed by atoms with Crippen molar-refractivity contribution in [1.82, 2.24) is 19.7 Å². The van der Waals surface area contributed by atoms with Crippen LogP contribution in [0.3, 0.4) is 0 Å². The summed E-state index contributed by atoms with van der Waals surface area (Å²) in [7, 11) is 6.09. The molecule has 10 nitrogen and oxygen atoms in total. The Labute approximate surface area is 248 Å². The number of rotatable bonds is 7. The number of amides is 1. The molecule has 1 aliphatic carbocycles. The summed E-state index contributed by atoms with van der Waals surface area (Å²) in [6, 6.07) is 10.0.